The summed E-state index contributed by atoms with van der Waals surface area (Å²) in [5.41, 5.74) is -3.06. The number of aromatic nitrogens is 2. The smallest absolute Gasteiger partial charge is 0.416 e. The van der Waals surface area contributed by atoms with Gasteiger partial charge in [0.05, 0.1) is 22.5 Å². The van der Waals surface area contributed by atoms with Crippen LogP contribution < -0.4 is 15.4 Å². The molecule has 0 unspecified atom stereocenters. The SMILES string of the molecule is O=C(NCCOc1ccc(-c2cccs2)nn1)Nc1cc(C(F)(F)F)cc(C(F)(F)F)c1. The van der Waals surface area contributed by atoms with E-state index in [9.17, 15) is 31.1 Å². The molecule has 0 atom stereocenters. The second-order valence-corrected chi connectivity index (χ2v) is 7.21. The Morgan fingerprint density at radius 3 is 2.19 bits per heavy atom. The second kappa shape index (κ2) is 9.42. The molecule has 0 fully saturated rings. The fourth-order valence-electron chi connectivity index (χ4n) is 2.48. The van der Waals surface area contributed by atoms with E-state index in [1.807, 2.05) is 22.8 Å². The number of carbonyl (C=O) groups excluding carboxylic acids is 1. The van der Waals surface area contributed by atoms with Crippen LogP contribution >= 0.6 is 11.3 Å². The van der Waals surface area contributed by atoms with Gasteiger partial charge in [-0.05, 0) is 35.7 Å². The molecule has 1 aromatic carbocycles. The maximum atomic E-state index is 12.9. The van der Waals surface area contributed by atoms with Gasteiger partial charge in [0.15, 0.2) is 0 Å². The molecule has 0 bridgehead atoms. The molecule has 3 rings (SSSR count). The number of nitrogens with one attached hydrogen (secondary N) is 2. The number of carbonyl (C=O) groups is 1. The summed E-state index contributed by atoms with van der Waals surface area (Å²) >= 11 is 1.49. The highest BCUT2D eigenvalue weighted by Crippen LogP contribution is 2.37. The number of urea groups is 1. The number of hydrogen-bond acceptors (Lipinski definition) is 5. The van der Waals surface area contributed by atoms with Gasteiger partial charge in [-0.25, -0.2) is 4.79 Å². The maximum absolute atomic E-state index is 12.9. The summed E-state index contributed by atoms with van der Waals surface area (Å²) in [6, 6.07) is 6.81. The number of nitrogens with zero attached hydrogens (tertiary/aromatic N) is 2. The molecule has 170 valence electrons. The van der Waals surface area contributed by atoms with E-state index < -0.39 is 35.2 Å². The van der Waals surface area contributed by atoms with Gasteiger partial charge in [0, 0.05) is 11.8 Å². The van der Waals surface area contributed by atoms with Gasteiger partial charge in [0.1, 0.15) is 12.3 Å². The van der Waals surface area contributed by atoms with Crippen LogP contribution in [0.25, 0.3) is 10.6 Å². The largest absolute Gasteiger partial charge is 0.475 e. The number of halogens is 6. The quantitative estimate of drug-likeness (QED) is 0.367. The molecule has 0 aliphatic carbocycles. The van der Waals surface area contributed by atoms with Crippen LogP contribution in [0.1, 0.15) is 11.1 Å². The Morgan fingerprint density at radius 1 is 0.969 bits per heavy atom. The summed E-state index contributed by atoms with van der Waals surface area (Å²) in [7, 11) is 0. The zero-order valence-electron chi connectivity index (χ0n) is 15.9. The van der Waals surface area contributed by atoms with E-state index in [-0.39, 0.29) is 25.1 Å². The summed E-state index contributed by atoms with van der Waals surface area (Å²) in [5, 5.41) is 14.0. The van der Waals surface area contributed by atoms with Gasteiger partial charge in [-0.1, -0.05) is 6.07 Å². The van der Waals surface area contributed by atoms with Crippen molar-refractivity contribution in [3.05, 3.63) is 59.0 Å². The number of alkyl halides is 6. The van der Waals surface area contributed by atoms with Gasteiger partial charge < -0.3 is 15.4 Å². The molecule has 0 radical (unpaired) electrons. The molecule has 2 aromatic heterocycles. The molecule has 6 nitrogen and oxygen atoms in total. The number of hydrogen-bond donors (Lipinski definition) is 2. The van der Waals surface area contributed by atoms with Crippen molar-refractivity contribution in [3.63, 3.8) is 0 Å². The van der Waals surface area contributed by atoms with E-state index in [1.54, 1.807) is 12.1 Å². The van der Waals surface area contributed by atoms with E-state index in [4.69, 9.17) is 4.74 Å². The van der Waals surface area contributed by atoms with Crippen molar-refractivity contribution >= 4 is 23.1 Å². The highest BCUT2D eigenvalue weighted by molar-refractivity contribution is 7.13. The number of ether oxygens (including phenoxy) is 1. The molecule has 13 heteroatoms. The number of thiophene rings is 1. The number of anilines is 1. The number of amides is 2. The average Bonchev–Trinajstić information content (AvgIpc) is 3.25. The van der Waals surface area contributed by atoms with Crippen LogP contribution in [0.15, 0.2) is 47.8 Å². The molecular weight excluding hydrogens is 462 g/mol. The molecule has 2 amide bonds. The summed E-state index contributed by atoms with van der Waals surface area (Å²) in [6.45, 7) is -0.151. The summed E-state index contributed by atoms with van der Waals surface area (Å²) < 4.78 is 82.5. The fourth-order valence-corrected chi connectivity index (χ4v) is 3.17. The molecular formula is C19H14F6N4O2S. The molecule has 0 aliphatic rings. The molecule has 0 aliphatic heterocycles. The lowest BCUT2D eigenvalue weighted by molar-refractivity contribution is -0.143. The summed E-state index contributed by atoms with van der Waals surface area (Å²) in [6.07, 6.45) is -10.0. The molecule has 2 heterocycles. The highest BCUT2D eigenvalue weighted by atomic mass is 32.1. The van der Waals surface area contributed by atoms with Crippen LogP contribution in [0.5, 0.6) is 5.88 Å². The summed E-state index contributed by atoms with van der Waals surface area (Å²) in [4.78, 5) is 12.8. The number of rotatable bonds is 6. The van der Waals surface area contributed by atoms with Gasteiger partial charge >= 0.3 is 18.4 Å². The normalized spacial score (nSPS) is 11.8. The van der Waals surface area contributed by atoms with Crippen molar-refractivity contribution in [3.8, 4) is 16.5 Å². The van der Waals surface area contributed by atoms with Crippen LogP contribution in [0.2, 0.25) is 0 Å². The Bertz CT molecular complexity index is 1020. The predicted octanol–water partition coefficient (Wildman–Crippen LogP) is 5.44. The predicted molar refractivity (Wildman–Crippen MR) is 104 cm³/mol. The Kier molecular flexibility index (Phi) is 6.87. The Labute approximate surface area is 181 Å². The van der Waals surface area contributed by atoms with Crippen molar-refractivity contribution in [2.75, 3.05) is 18.5 Å². The van der Waals surface area contributed by atoms with E-state index in [0.29, 0.717) is 17.8 Å². The first kappa shape index (κ1) is 23.3. The molecule has 3 aromatic rings. The van der Waals surface area contributed by atoms with Crippen LogP contribution in [0.3, 0.4) is 0 Å². The standard InChI is InChI=1S/C19H14F6N4O2S/c20-18(21,22)11-8-12(19(23,24)25)10-13(9-11)27-17(30)26-5-6-31-16-4-3-14(28-29-16)15-2-1-7-32-15/h1-4,7-10H,5-6H2,(H2,26,27,30). The first-order chi connectivity index (χ1) is 15.0. The van der Waals surface area contributed by atoms with Crippen molar-refractivity contribution in [1.82, 2.24) is 15.5 Å². The summed E-state index contributed by atoms with van der Waals surface area (Å²) in [5.74, 6) is 0.181. The van der Waals surface area contributed by atoms with Crippen molar-refractivity contribution in [2.24, 2.45) is 0 Å². The lowest BCUT2D eigenvalue weighted by Gasteiger charge is -2.15. The van der Waals surface area contributed by atoms with Crippen molar-refractivity contribution in [1.29, 1.82) is 0 Å². The molecule has 2 N–H and O–H groups in total. The highest BCUT2D eigenvalue weighted by Gasteiger charge is 2.37. The van der Waals surface area contributed by atoms with Crippen LogP contribution in [-0.2, 0) is 12.4 Å². The van der Waals surface area contributed by atoms with Crippen LogP contribution in [0, 0.1) is 0 Å². The zero-order chi connectivity index (χ0) is 23.4. The maximum Gasteiger partial charge on any atom is 0.416 e. The van der Waals surface area contributed by atoms with Crippen molar-refractivity contribution in [2.45, 2.75) is 12.4 Å². The van der Waals surface area contributed by atoms with Crippen LogP contribution in [-0.4, -0.2) is 29.4 Å². The molecule has 0 saturated carbocycles. The van der Waals surface area contributed by atoms with Gasteiger partial charge in [0.25, 0.3) is 0 Å². The number of benzene rings is 1. The average molecular weight is 476 g/mol. The minimum absolute atomic E-state index is 0.0261. The zero-order valence-corrected chi connectivity index (χ0v) is 16.7. The van der Waals surface area contributed by atoms with E-state index in [1.165, 1.54) is 11.3 Å². The molecule has 32 heavy (non-hydrogen) atoms. The van der Waals surface area contributed by atoms with Crippen molar-refractivity contribution < 1.29 is 35.9 Å². The van der Waals surface area contributed by atoms with Gasteiger partial charge in [-0.15, -0.1) is 21.5 Å². The third-order valence-corrected chi connectivity index (χ3v) is 4.79. The molecule has 0 saturated heterocycles. The van der Waals surface area contributed by atoms with E-state index in [0.717, 1.165) is 4.88 Å². The first-order valence-electron chi connectivity index (χ1n) is 8.87. The topological polar surface area (TPSA) is 76.1 Å². The van der Waals surface area contributed by atoms with Gasteiger partial charge in [-0.2, -0.15) is 26.3 Å². The second-order valence-electron chi connectivity index (χ2n) is 6.26. The monoisotopic (exact) mass is 476 g/mol. The molecule has 0 spiro atoms. The van der Waals surface area contributed by atoms with E-state index >= 15 is 0 Å². The minimum atomic E-state index is -5.01. The van der Waals surface area contributed by atoms with E-state index in [2.05, 4.69) is 15.5 Å². The van der Waals surface area contributed by atoms with Crippen LogP contribution in [0.4, 0.5) is 36.8 Å². The van der Waals surface area contributed by atoms with Gasteiger partial charge in [-0.3, -0.25) is 0 Å². The minimum Gasteiger partial charge on any atom is -0.475 e. The fraction of sp³-hybridized carbons (Fsp3) is 0.211. The first-order valence-corrected chi connectivity index (χ1v) is 9.75. The van der Waals surface area contributed by atoms with Gasteiger partial charge in [0.2, 0.25) is 5.88 Å². The Morgan fingerprint density at radius 2 is 1.66 bits per heavy atom. The Hall–Kier alpha value is -3.35. The third-order valence-electron chi connectivity index (χ3n) is 3.90. The lowest BCUT2D eigenvalue weighted by Crippen LogP contribution is -2.32. The Balaban J connectivity index is 1.52. The lowest BCUT2D eigenvalue weighted by atomic mass is 10.1. The third kappa shape index (κ3) is 6.33.